The second-order valence-electron chi connectivity index (χ2n) is 4.05. The van der Waals surface area contributed by atoms with Gasteiger partial charge >= 0.3 is 0 Å². The van der Waals surface area contributed by atoms with E-state index in [0.29, 0.717) is 0 Å². The molecule has 96 valence electrons. The van der Waals surface area contributed by atoms with Gasteiger partial charge in [-0.05, 0) is 52.7 Å². The lowest BCUT2D eigenvalue weighted by Gasteiger charge is -2.11. The Bertz CT molecular complexity index is 525. The number of benzene rings is 1. The Hall–Kier alpha value is -0.840. The van der Waals surface area contributed by atoms with Crippen LogP contribution in [0, 0.1) is 0 Å². The number of hydrogen-bond acceptors (Lipinski definition) is 2. The molecule has 0 spiro atoms. The van der Waals surface area contributed by atoms with Crippen LogP contribution in [0.25, 0.3) is 5.69 Å². The van der Waals surface area contributed by atoms with Gasteiger partial charge in [-0.15, -0.1) is 0 Å². The van der Waals surface area contributed by atoms with Gasteiger partial charge in [0.2, 0.25) is 0 Å². The number of hydrogen-bond donors (Lipinski definition) is 1. The Morgan fingerprint density at radius 1 is 1.44 bits per heavy atom. The van der Waals surface area contributed by atoms with Crippen molar-refractivity contribution in [2.24, 2.45) is 0 Å². The van der Waals surface area contributed by atoms with Crippen LogP contribution < -0.4 is 5.32 Å². The van der Waals surface area contributed by atoms with E-state index >= 15 is 0 Å². The zero-order chi connectivity index (χ0) is 13.0. The van der Waals surface area contributed by atoms with Crippen LogP contribution in [0.5, 0.6) is 0 Å². The van der Waals surface area contributed by atoms with Gasteiger partial charge in [-0.1, -0.05) is 18.5 Å². The van der Waals surface area contributed by atoms with Crippen LogP contribution in [0.3, 0.4) is 0 Å². The Balaban J connectivity index is 2.28. The lowest BCUT2D eigenvalue weighted by atomic mass is 10.1. The average molecular weight is 329 g/mol. The fourth-order valence-corrected chi connectivity index (χ4v) is 2.23. The van der Waals surface area contributed by atoms with E-state index in [1.54, 1.807) is 6.20 Å². The third-order valence-corrected chi connectivity index (χ3v) is 3.23. The fraction of sp³-hybridized carbons (Fsp3) is 0.308. The molecule has 0 fully saturated rings. The smallest absolute Gasteiger partial charge is 0.0691 e. The summed E-state index contributed by atoms with van der Waals surface area (Å²) in [6.07, 6.45) is 4.83. The molecule has 0 saturated heterocycles. The van der Waals surface area contributed by atoms with E-state index in [0.717, 1.165) is 40.3 Å². The van der Waals surface area contributed by atoms with E-state index in [2.05, 4.69) is 33.3 Å². The molecule has 0 bridgehead atoms. The van der Waals surface area contributed by atoms with Gasteiger partial charge in [0.25, 0.3) is 0 Å². The van der Waals surface area contributed by atoms with Crippen molar-refractivity contribution in [3.8, 4) is 5.69 Å². The predicted molar refractivity (Wildman–Crippen MR) is 78.3 cm³/mol. The molecule has 3 nitrogen and oxygen atoms in total. The van der Waals surface area contributed by atoms with Gasteiger partial charge in [0, 0.05) is 17.8 Å². The van der Waals surface area contributed by atoms with Crippen molar-refractivity contribution in [1.29, 1.82) is 0 Å². The molecule has 0 aliphatic carbocycles. The van der Waals surface area contributed by atoms with Crippen molar-refractivity contribution >= 4 is 27.5 Å². The minimum atomic E-state index is 0.748. The van der Waals surface area contributed by atoms with Gasteiger partial charge < -0.3 is 5.32 Å². The van der Waals surface area contributed by atoms with Crippen molar-refractivity contribution in [1.82, 2.24) is 15.1 Å². The number of halogens is 2. The molecule has 18 heavy (non-hydrogen) atoms. The topological polar surface area (TPSA) is 29.9 Å². The SMILES string of the molecule is CCCNCc1cc(Cl)ccc1-n1cc(Br)cn1. The Labute approximate surface area is 120 Å². The Kier molecular flexibility index (Phi) is 4.80. The molecule has 0 aliphatic rings. The van der Waals surface area contributed by atoms with Crippen LogP contribution in [-0.4, -0.2) is 16.3 Å². The molecule has 0 radical (unpaired) electrons. The predicted octanol–water partition coefficient (Wildman–Crippen LogP) is 3.79. The van der Waals surface area contributed by atoms with Crippen LogP contribution in [0.2, 0.25) is 5.02 Å². The highest BCUT2D eigenvalue weighted by atomic mass is 79.9. The van der Waals surface area contributed by atoms with E-state index in [9.17, 15) is 0 Å². The first-order valence-corrected chi connectivity index (χ1v) is 7.07. The third kappa shape index (κ3) is 3.34. The molecule has 2 aromatic rings. The molecule has 5 heteroatoms. The first-order chi connectivity index (χ1) is 8.70. The Morgan fingerprint density at radius 2 is 2.28 bits per heavy atom. The van der Waals surface area contributed by atoms with Crippen molar-refractivity contribution in [3.63, 3.8) is 0 Å². The molecule has 0 saturated carbocycles. The number of rotatable bonds is 5. The first-order valence-electron chi connectivity index (χ1n) is 5.90. The molecule has 1 aromatic carbocycles. The zero-order valence-corrected chi connectivity index (χ0v) is 12.5. The fourth-order valence-electron chi connectivity index (χ4n) is 1.75. The summed E-state index contributed by atoms with van der Waals surface area (Å²) in [4.78, 5) is 0. The minimum absolute atomic E-state index is 0.748. The lowest BCUT2D eigenvalue weighted by molar-refractivity contribution is 0.670. The summed E-state index contributed by atoms with van der Waals surface area (Å²) in [5.41, 5.74) is 2.19. The van der Waals surface area contributed by atoms with Crippen LogP contribution in [0.4, 0.5) is 0 Å². The summed E-state index contributed by atoms with van der Waals surface area (Å²) in [5.74, 6) is 0. The summed E-state index contributed by atoms with van der Waals surface area (Å²) in [6, 6.07) is 5.86. The highest BCUT2D eigenvalue weighted by molar-refractivity contribution is 9.10. The second-order valence-corrected chi connectivity index (χ2v) is 5.41. The highest BCUT2D eigenvalue weighted by Gasteiger charge is 2.06. The Morgan fingerprint density at radius 3 is 2.94 bits per heavy atom. The summed E-state index contributed by atoms with van der Waals surface area (Å²) < 4.78 is 2.81. The first kappa shape index (κ1) is 13.6. The summed E-state index contributed by atoms with van der Waals surface area (Å²) in [7, 11) is 0. The number of nitrogens with one attached hydrogen (secondary N) is 1. The van der Waals surface area contributed by atoms with Gasteiger partial charge in [0.05, 0.1) is 16.4 Å². The van der Waals surface area contributed by atoms with Gasteiger partial charge in [-0.25, -0.2) is 4.68 Å². The maximum absolute atomic E-state index is 6.06. The van der Waals surface area contributed by atoms with Crippen molar-refractivity contribution in [2.45, 2.75) is 19.9 Å². The van der Waals surface area contributed by atoms with E-state index in [1.807, 2.05) is 29.1 Å². The molecular formula is C13H15BrClN3. The molecule has 0 amide bonds. The third-order valence-electron chi connectivity index (χ3n) is 2.58. The maximum Gasteiger partial charge on any atom is 0.0691 e. The van der Waals surface area contributed by atoms with E-state index < -0.39 is 0 Å². The molecular weight excluding hydrogens is 314 g/mol. The van der Waals surface area contributed by atoms with Gasteiger partial charge in [0.1, 0.15) is 0 Å². The summed E-state index contributed by atoms with van der Waals surface area (Å²) in [6.45, 7) is 3.94. The number of nitrogens with zero attached hydrogens (tertiary/aromatic N) is 2. The van der Waals surface area contributed by atoms with Crippen LogP contribution in [0.15, 0.2) is 35.1 Å². The molecule has 1 aromatic heterocycles. The van der Waals surface area contributed by atoms with Crippen molar-refractivity contribution < 1.29 is 0 Å². The molecule has 0 atom stereocenters. The lowest BCUT2D eigenvalue weighted by Crippen LogP contribution is -2.15. The minimum Gasteiger partial charge on any atom is -0.313 e. The number of aromatic nitrogens is 2. The monoisotopic (exact) mass is 327 g/mol. The quantitative estimate of drug-likeness (QED) is 0.846. The van der Waals surface area contributed by atoms with Crippen molar-refractivity contribution in [2.75, 3.05) is 6.54 Å². The summed E-state index contributed by atoms with van der Waals surface area (Å²) >= 11 is 9.46. The van der Waals surface area contributed by atoms with E-state index in [-0.39, 0.29) is 0 Å². The summed E-state index contributed by atoms with van der Waals surface area (Å²) in [5, 5.41) is 8.44. The maximum atomic E-state index is 6.06. The van der Waals surface area contributed by atoms with Crippen LogP contribution in [-0.2, 0) is 6.54 Å². The van der Waals surface area contributed by atoms with Crippen LogP contribution in [0.1, 0.15) is 18.9 Å². The van der Waals surface area contributed by atoms with Gasteiger partial charge in [-0.3, -0.25) is 0 Å². The van der Waals surface area contributed by atoms with Crippen LogP contribution >= 0.6 is 27.5 Å². The average Bonchev–Trinajstić information content (AvgIpc) is 2.76. The van der Waals surface area contributed by atoms with Gasteiger partial charge in [-0.2, -0.15) is 5.10 Å². The molecule has 1 N–H and O–H groups in total. The van der Waals surface area contributed by atoms with E-state index in [4.69, 9.17) is 11.6 Å². The molecule has 0 unspecified atom stereocenters. The van der Waals surface area contributed by atoms with Gasteiger partial charge in [0.15, 0.2) is 0 Å². The molecule has 2 rings (SSSR count). The van der Waals surface area contributed by atoms with E-state index in [1.165, 1.54) is 0 Å². The zero-order valence-electron chi connectivity index (χ0n) is 10.2. The standard InChI is InChI=1S/C13H15BrClN3/c1-2-5-16-7-10-6-12(15)3-4-13(10)18-9-11(14)8-17-18/h3-4,6,8-9,16H,2,5,7H2,1H3. The van der Waals surface area contributed by atoms with Crippen molar-refractivity contribution in [3.05, 3.63) is 45.7 Å². The normalized spacial score (nSPS) is 10.8. The second kappa shape index (κ2) is 6.36. The molecule has 1 heterocycles. The largest absolute Gasteiger partial charge is 0.313 e. The molecule has 0 aliphatic heterocycles. The highest BCUT2D eigenvalue weighted by Crippen LogP contribution is 2.20.